The summed E-state index contributed by atoms with van der Waals surface area (Å²) in [6.07, 6.45) is 2.30. The number of nitrogens with zero attached hydrogens (tertiary/aromatic N) is 3. The zero-order valence-electron chi connectivity index (χ0n) is 12.6. The van der Waals surface area contributed by atoms with Crippen molar-refractivity contribution >= 4 is 11.7 Å². The molecule has 114 valence electrons. The van der Waals surface area contributed by atoms with E-state index in [4.69, 9.17) is 15.7 Å². The zero-order valence-corrected chi connectivity index (χ0v) is 12.6. The molecule has 1 aromatic heterocycles. The number of nitriles is 1. The van der Waals surface area contributed by atoms with Gasteiger partial charge in [0.05, 0.1) is 13.3 Å². The molecule has 0 bridgehead atoms. The van der Waals surface area contributed by atoms with E-state index >= 15 is 0 Å². The summed E-state index contributed by atoms with van der Waals surface area (Å²) < 4.78 is 6.41. The molecular weight excluding hydrogens is 280 g/mol. The topological polar surface area (TPSA) is 93.9 Å². The molecule has 0 fully saturated rings. The lowest BCUT2D eigenvalue weighted by atomic mass is 9.97. The summed E-state index contributed by atoms with van der Waals surface area (Å²) in [6.45, 7) is 1.98. The van der Waals surface area contributed by atoms with Gasteiger partial charge < -0.3 is 10.5 Å². The summed E-state index contributed by atoms with van der Waals surface area (Å²) in [7, 11) is 1.63. The number of ether oxygens (including phenoxy) is 1. The van der Waals surface area contributed by atoms with Gasteiger partial charge in [-0.15, -0.1) is 0 Å². The van der Waals surface area contributed by atoms with E-state index < -0.39 is 0 Å². The number of hydrogen-bond acceptors (Lipinski definition) is 5. The SMILES string of the molecule is COc1ccccc1CC(C)CC(=O)n1ncc(C#N)c1N. The molecule has 0 aliphatic carbocycles. The number of aromatic nitrogens is 2. The number of anilines is 1. The number of methoxy groups -OCH3 is 1. The van der Waals surface area contributed by atoms with Crippen LogP contribution in [0.25, 0.3) is 0 Å². The molecule has 2 aromatic rings. The fourth-order valence-electron chi connectivity index (χ4n) is 2.35. The van der Waals surface area contributed by atoms with E-state index in [-0.39, 0.29) is 29.6 Å². The number of nitrogen functional groups attached to an aromatic ring is 1. The van der Waals surface area contributed by atoms with Crippen LogP contribution in [0.5, 0.6) is 5.75 Å². The van der Waals surface area contributed by atoms with Gasteiger partial charge in [-0.05, 0) is 24.0 Å². The average Bonchev–Trinajstić information content (AvgIpc) is 2.88. The largest absolute Gasteiger partial charge is 0.496 e. The van der Waals surface area contributed by atoms with E-state index in [9.17, 15) is 4.79 Å². The minimum absolute atomic E-state index is 0.0944. The fraction of sp³-hybridized carbons (Fsp3) is 0.312. The highest BCUT2D eigenvalue weighted by Gasteiger charge is 2.17. The molecule has 1 aromatic carbocycles. The highest BCUT2D eigenvalue weighted by atomic mass is 16.5. The van der Waals surface area contributed by atoms with E-state index in [1.807, 2.05) is 37.3 Å². The van der Waals surface area contributed by atoms with Gasteiger partial charge in [0.25, 0.3) is 0 Å². The third kappa shape index (κ3) is 3.26. The van der Waals surface area contributed by atoms with Crippen molar-refractivity contribution in [2.75, 3.05) is 12.8 Å². The van der Waals surface area contributed by atoms with Crippen LogP contribution in [0.2, 0.25) is 0 Å². The van der Waals surface area contributed by atoms with E-state index in [1.165, 1.54) is 6.20 Å². The first kappa shape index (κ1) is 15.6. The molecule has 2 rings (SSSR count). The van der Waals surface area contributed by atoms with Crippen molar-refractivity contribution in [2.24, 2.45) is 5.92 Å². The Morgan fingerprint density at radius 2 is 2.23 bits per heavy atom. The van der Waals surface area contributed by atoms with Crippen LogP contribution in [0.1, 0.15) is 29.3 Å². The fourth-order valence-corrected chi connectivity index (χ4v) is 2.35. The molecule has 0 saturated heterocycles. The Morgan fingerprint density at radius 3 is 2.86 bits per heavy atom. The van der Waals surface area contributed by atoms with Crippen LogP contribution in [-0.4, -0.2) is 22.8 Å². The molecule has 22 heavy (non-hydrogen) atoms. The van der Waals surface area contributed by atoms with Crippen molar-refractivity contribution in [1.82, 2.24) is 9.78 Å². The summed E-state index contributed by atoms with van der Waals surface area (Å²) in [4.78, 5) is 12.2. The summed E-state index contributed by atoms with van der Waals surface area (Å²) >= 11 is 0. The van der Waals surface area contributed by atoms with Crippen LogP contribution >= 0.6 is 0 Å². The number of nitrogens with two attached hydrogens (primary N) is 1. The molecule has 2 N–H and O–H groups in total. The van der Waals surface area contributed by atoms with Crippen molar-refractivity contribution in [3.05, 3.63) is 41.6 Å². The van der Waals surface area contributed by atoms with Crippen LogP contribution < -0.4 is 10.5 Å². The molecule has 6 heteroatoms. The Kier molecular flexibility index (Phi) is 4.79. The summed E-state index contributed by atoms with van der Waals surface area (Å²) in [5, 5.41) is 12.7. The highest BCUT2D eigenvalue weighted by Crippen LogP contribution is 2.22. The maximum Gasteiger partial charge on any atom is 0.249 e. The number of carbonyl (C=O) groups excluding carboxylic acids is 1. The summed E-state index contributed by atoms with van der Waals surface area (Å²) in [5.74, 6) is 0.781. The third-order valence-corrected chi connectivity index (χ3v) is 3.45. The van der Waals surface area contributed by atoms with Crippen molar-refractivity contribution in [3.63, 3.8) is 0 Å². The highest BCUT2D eigenvalue weighted by molar-refractivity contribution is 5.82. The maximum atomic E-state index is 12.2. The van der Waals surface area contributed by atoms with Gasteiger partial charge in [-0.1, -0.05) is 25.1 Å². The molecule has 6 nitrogen and oxygen atoms in total. The monoisotopic (exact) mass is 298 g/mol. The first-order valence-electron chi connectivity index (χ1n) is 6.95. The maximum absolute atomic E-state index is 12.2. The van der Waals surface area contributed by atoms with Crippen molar-refractivity contribution in [3.8, 4) is 11.8 Å². The van der Waals surface area contributed by atoms with Gasteiger partial charge in [-0.2, -0.15) is 15.0 Å². The van der Waals surface area contributed by atoms with Gasteiger partial charge in [0.1, 0.15) is 23.2 Å². The molecule has 0 saturated carbocycles. The molecule has 0 radical (unpaired) electrons. The van der Waals surface area contributed by atoms with E-state index in [0.717, 1.165) is 16.0 Å². The molecule has 1 atom stereocenters. The number of carbonyl (C=O) groups is 1. The molecule has 1 unspecified atom stereocenters. The van der Waals surface area contributed by atoms with Gasteiger partial charge in [0.15, 0.2) is 0 Å². The Balaban J connectivity index is 2.05. The van der Waals surface area contributed by atoms with Gasteiger partial charge in [0, 0.05) is 6.42 Å². The minimum Gasteiger partial charge on any atom is -0.496 e. The second-order valence-corrected chi connectivity index (χ2v) is 5.19. The van der Waals surface area contributed by atoms with Gasteiger partial charge >= 0.3 is 0 Å². The molecular formula is C16H18N4O2. The predicted molar refractivity (Wildman–Crippen MR) is 82.5 cm³/mol. The Labute approximate surface area is 129 Å². The van der Waals surface area contributed by atoms with Crippen LogP contribution in [0.3, 0.4) is 0 Å². The quantitative estimate of drug-likeness (QED) is 0.913. The first-order chi connectivity index (χ1) is 10.6. The van der Waals surface area contributed by atoms with Crippen molar-refractivity contribution in [1.29, 1.82) is 5.26 Å². The average molecular weight is 298 g/mol. The lowest BCUT2D eigenvalue weighted by Gasteiger charge is -2.13. The van der Waals surface area contributed by atoms with Crippen LogP contribution in [-0.2, 0) is 6.42 Å². The van der Waals surface area contributed by atoms with Crippen molar-refractivity contribution in [2.45, 2.75) is 19.8 Å². The van der Waals surface area contributed by atoms with E-state index in [1.54, 1.807) is 7.11 Å². The predicted octanol–water partition coefficient (Wildman–Crippen LogP) is 2.25. The Morgan fingerprint density at radius 1 is 1.50 bits per heavy atom. The second kappa shape index (κ2) is 6.76. The first-order valence-corrected chi connectivity index (χ1v) is 6.95. The zero-order chi connectivity index (χ0) is 16.1. The van der Waals surface area contributed by atoms with Crippen LogP contribution in [0.4, 0.5) is 5.82 Å². The Hall–Kier alpha value is -2.81. The van der Waals surface area contributed by atoms with E-state index in [0.29, 0.717) is 6.42 Å². The third-order valence-electron chi connectivity index (χ3n) is 3.45. The van der Waals surface area contributed by atoms with Gasteiger partial charge in [0.2, 0.25) is 5.91 Å². The minimum atomic E-state index is -0.221. The molecule has 0 amide bonds. The number of benzene rings is 1. The molecule has 0 aliphatic heterocycles. The normalized spacial score (nSPS) is 11.7. The standard InChI is InChI=1S/C16H18N4O2/c1-11(7-12-5-3-4-6-14(12)22-2)8-15(21)20-16(18)13(9-17)10-19-20/h3-6,10-11H,7-8,18H2,1-2H3. The van der Waals surface area contributed by atoms with Gasteiger partial charge in [-0.25, -0.2) is 0 Å². The second-order valence-electron chi connectivity index (χ2n) is 5.19. The van der Waals surface area contributed by atoms with Crippen LogP contribution in [0.15, 0.2) is 30.5 Å². The summed E-state index contributed by atoms with van der Waals surface area (Å²) in [6, 6.07) is 9.63. The smallest absolute Gasteiger partial charge is 0.249 e. The summed E-state index contributed by atoms with van der Waals surface area (Å²) in [5.41, 5.74) is 6.99. The number of hydrogen-bond donors (Lipinski definition) is 1. The lowest BCUT2D eigenvalue weighted by Crippen LogP contribution is -2.18. The number of rotatable bonds is 5. The number of para-hydroxylation sites is 1. The molecule has 0 aliphatic rings. The van der Waals surface area contributed by atoms with E-state index in [2.05, 4.69) is 5.10 Å². The molecule has 0 spiro atoms. The molecule has 1 heterocycles. The van der Waals surface area contributed by atoms with Crippen LogP contribution in [0, 0.1) is 17.2 Å². The lowest BCUT2D eigenvalue weighted by molar-refractivity contribution is 0.0870. The van der Waals surface area contributed by atoms with Gasteiger partial charge in [-0.3, -0.25) is 4.79 Å². The van der Waals surface area contributed by atoms with Crippen molar-refractivity contribution < 1.29 is 9.53 Å². The Bertz CT molecular complexity index is 715.